The summed E-state index contributed by atoms with van der Waals surface area (Å²) in [7, 11) is 5.91. The van der Waals surface area contributed by atoms with Crippen molar-refractivity contribution in [1.29, 1.82) is 0 Å². The number of carboxylic acids is 4. The van der Waals surface area contributed by atoms with Crippen LogP contribution in [0.4, 0.5) is 0 Å². The van der Waals surface area contributed by atoms with E-state index in [-0.39, 0.29) is 24.2 Å². The number of amides is 2. The summed E-state index contributed by atoms with van der Waals surface area (Å²) in [6, 6.07) is 1.19. The topological polar surface area (TPSA) is 254 Å². The fourth-order valence-corrected chi connectivity index (χ4v) is 3.74. The zero-order valence-electron chi connectivity index (χ0n) is 24.0. The minimum absolute atomic E-state index is 0.0765. The van der Waals surface area contributed by atoms with Crippen LogP contribution in [0, 0.1) is 6.92 Å². The Kier molecular flexibility index (Phi) is 16.2. The summed E-state index contributed by atoms with van der Waals surface area (Å²) in [4.78, 5) is 64.7. The lowest BCUT2D eigenvalue weighted by Crippen LogP contribution is -2.43. The lowest BCUT2D eigenvalue weighted by atomic mass is 10.1. The molecule has 3 unspecified atom stereocenters. The molecule has 0 bridgehead atoms. The molecular weight excluding hydrogens is 562 g/mol. The number of nitrogens with one attached hydrogen (secondary N) is 1. The lowest BCUT2D eigenvalue weighted by molar-refractivity contribution is -0.310. The summed E-state index contributed by atoms with van der Waals surface area (Å²) in [5, 5.41) is 56.0. The zero-order chi connectivity index (χ0) is 32.7. The van der Waals surface area contributed by atoms with Gasteiger partial charge in [-0.25, -0.2) is 4.79 Å². The molecule has 3 rings (SSSR count). The molecule has 16 nitrogen and oxygen atoms in total. The molecule has 2 amide bonds. The molecular formula is C26H38N3O13-. The number of benzene rings is 1. The van der Waals surface area contributed by atoms with Crippen LogP contribution >= 0.6 is 0 Å². The molecule has 0 aliphatic carbocycles. The van der Waals surface area contributed by atoms with Crippen molar-refractivity contribution in [2.24, 2.45) is 0 Å². The first kappa shape index (κ1) is 37.6. The number of methoxy groups -OCH3 is 1. The molecule has 0 aromatic heterocycles. The Bertz CT molecular complexity index is 1080. The lowest BCUT2D eigenvalue weighted by Gasteiger charge is -2.19. The maximum absolute atomic E-state index is 10.8. The van der Waals surface area contributed by atoms with Crippen molar-refractivity contribution in [3.05, 3.63) is 23.3 Å². The third kappa shape index (κ3) is 11.6. The second kappa shape index (κ2) is 18.1. The van der Waals surface area contributed by atoms with Gasteiger partial charge in [0.15, 0.2) is 0 Å². The number of hydrogen-bond donors (Lipinski definition) is 6. The first-order chi connectivity index (χ1) is 19.5. The number of carboxylic acid groups (broad SMARTS) is 4. The van der Waals surface area contributed by atoms with Gasteiger partial charge in [0.05, 0.1) is 37.7 Å². The number of aromatic hydroxyl groups is 1. The Morgan fingerprint density at radius 1 is 1.02 bits per heavy atom. The highest BCUT2D eigenvalue weighted by molar-refractivity contribution is 5.87. The van der Waals surface area contributed by atoms with Gasteiger partial charge in [0, 0.05) is 26.9 Å². The van der Waals surface area contributed by atoms with Crippen LogP contribution < -0.4 is 15.2 Å². The molecule has 0 saturated carbocycles. The van der Waals surface area contributed by atoms with E-state index in [0.29, 0.717) is 37.0 Å². The predicted molar refractivity (Wildman–Crippen MR) is 142 cm³/mol. The molecule has 16 heteroatoms. The number of aryl methyl sites for hydroxylation is 1. The van der Waals surface area contributed by atoms with E-state index in [1.54, 1.807) is 19.1 Å². The van der Waals surface area contributed by atoms with Crippen molar-refractivity contribution >= 4 is 35.7 Å². The number of phenols is 1. The first-order valence-electron chi connectivity index (χ1n) is 12.6. The van der Waals surface area contributed by atoms with Crippen LogP contribution in [0.5, 0.6) is 11.5 Å². The van der Waals surface area contributed by atoms with E-state index in [1.807, 2.05) is 0 Å². The average molecular weight is 601 g/mol. The summed E-state index contributed by atoms with van der Waals surface area (Å²) in [6.07, 6.45) is 1.14. The van der Waals surface area contributed by atoms with Crippen molar-refractivity contribution in [2.45, 2.75) is 63.8 Å². The average Bonchev–Trinajstić information content (AvgIpc) is 3.45. The number of aliphatic hydroxyl groups excluding tert-OH is 1. The van der Waals surface area contributed by atoms with Gasteiger partial charge in [-0.3, -0.25) is 19.2 Å². The van der Waals surface area contributed by atoms with Crippen LogP contribution in [0.25, 0.3) is 0 Å². The van der Waals surface area contributed by atoms with Crippen LogP contribution in [-0.4, -0.2) is 117 Å². The number of hydrogen-bond acceptors (Lipinski definition) is 11. The van der Waals surface area contributed by atoms with Crippen LogP contribution in [0.1, 0.15) is 43.2 Å². The molecule has 2 aliphatic heterocycles. The molecule has 1 aromatic rings. The highest BCUT2D eigenvalue weighted by Gasteiger charge is 2.32. The molecule has 0 spiro atoms. The molecule has 0 radical (unpaired) electrons. The second-order valence-electron chi connectivity index (χ2n) is 9.12. The maximum atomic E-state index is 10.8. The number of carbonyl (C=O) groups excluding carboxylic acids is 3. The van der Waals surface area contributed by atoms with Crippen LogP contribution in [-0.2, 0) is 35.4 Å². The largest absolute Gasteiger partial charge is 0.548 e. The van der Waals surface area contributed by atoms with Gasteiger partial charge in [0.25, 0.3) is 0 Å². The third-order valence-electron chi connectivity index (χ3n) is 6.39. The van der Waals surface area contributed by atoms with Gasteiger partial charge in [-0.15, -0.1) is 0 Å². The van der Waals surface area contributed by atoms with Crippen LogP contribution in [0.3, 0.4) is 0 Å². The van der Waals surface area contributed by atoms with E-state index in [9.17, 15) is 39.0 Å². The molecule has 1 aromatic carbocycles. The smallest absolute Gasteiger partial charge is 0.326 e. The minimum atomic E-state index is -1.16. The van der Waals surface area contributed by atoms with Gasteiger partial charge in [-0.2, -0.15) is 0 Å². The van der Waals surface area contributed by atoms with E-state index in [4.69, 9.17) is 25.2 Å². The van der Waals surface area contributed by atoms with E-state index < -0.39 is 48.4 Å². The SMILES string of the molecule is CN1C(=O)CCC1C(=O)O.CN1C(=O)CCC1C(=O)[O-].CNC(CC(=O)O)C(=O)O.COc1ccc(C)c(O)c1CO. The fourth-order valence-electron chi connectivity index (χ4n) is 3.74. The maximum Gasteiger partial charge on any atom is 0.326 e. The highest BCUT2D eigenvalue weighted by atomic mass is 16.5. The number of likely N-dealkylation sites (N-methyl/N-ethyl adjacent to an activating group) is 3. The molecule has 3 atom stereocenters. The number of nitrogens with zero attached hydrogens (tertiary/aromatic N) is 2. The Balaban J connectivity index is 0.000000536. The summed E-state index contributed by atoms with van der Waals surface area (Å²) >= 11 is 0. The van der Waals surface area contributed by atoms with Gasteiger partial charge >= 0.3 is 17.9 Å². The summed E-state index contributed by atoms with van der Waals surface area (Å²) < 4.78 is 4.95. The third-order valence-corrected chi connectivity index (χ3v) is 6.39. The number of carbonyl (C=O) groups is 6. The molecule has 236 valence electrons. The summed E-state index contributed by atoms with van der Waals surface area (Å²) in [6.45, 7) is 1.56. The van der Waals surface area contributed by atoms with Crippen LogP contribution in [0.2, 0.25) is 0 Å². The molecule has 2 aliphatic rings. The molecule has 42 heavy (non-hydrogen) atoms. The predicted octanol–water partition coefficient (Wildman–Crippen LogP) is -1.62. The van der Waals surface area contributed by atoms with Crippen molar-refractivity contribution in [1.82, 2.24) is 15.1 Å². The van der Waals surface area contributed by atoms with Gasteiger partial charge in [-0.1, -0.05) is 6.07 Å². The van der Waals surface area contributed by atoms with Gasteiger partial charge in [0.1, 0.15) is 23.6 Å². The van der Waals surface area contributed by atoms with Gasteiger partial charge in [-0.05, 0) is 38.4 Å². The van der Waals surface area contributed by atoms with Crippen molar-refractivity contribution < 1.29 is 64.1 Å². The van der Waals surface area contributed by atoms with Crippen molar-refractivity contribution in [2.75, 3.05) is 28.3 Å². The number of ether oxygens (including phenoxy) is 1. The summed E-state index contributed by atoms with van der Waals surface area (Å²) in [5.74, 6) is -3.91. The second-order valence-corrected chi connectivity index (χ2v) is 9.12. The number of aliphatic carboxylic acids is 4. The number of likely N-dealkylation sites (tertiary alicyclic amines) is 2. The molecule has 2 saturated heterocycles. The van der Waals surface area contributed by atoms with Gasteiger partial charge in [0.2, 0.25) is 11.8 Å². The van der Waals surface area contributed by atoms with Gasteiger partial charge < -0.3 is 55.3 Å². The first-order valence-corrected chi connectivity index (χ1v) is 12.6. The summed E-state index contributed by atoms with van der Waals surface area (Å²) in [5.41, 5.74) is 1.18. The van der Waals surface area contributed by atoms with E-state index in [2.05, 4.69) is 5.32 Å². The Labute approximate surface area is 242 Å². The van der Waals surface area contributed by atoms with Crippen LogP contribution in [0.15, 0.2) is 12.1 Å². The normalized spacial score (nSPS) is 18.0. The van der Waals surface area contributed by atoms with E-state index in [1.165, 1.54) is 38.1 Å². The molecule has 2 fully saturated rings. The Morgan fingerprint density at radius 3 is 1.76 bits per heavy atom. The quantitative estimate of drug-likeness (QED) is 0.196. The standard InChI is InChI=1S/C9H12O3.2C6H9NO3.C5H9NO4/c1-6-3-4-8(12-2)7(5-10)9(6)11;2*1-7-4(6(9)10)2-3-5(7)8;1-6-3(5(9)10)2-4(7)8/h3-4,10-11H,5H2,1-2H3;2*4H,2-3H2,1H3,(H,9,10);3,6H,2H2,1H3,(H,7,8)(H,9,10)/p-1. The number of aliphatic hydroxyl groups is 1. The Hall–Kier alpha value is -4.44. The molecule has 6 N–H and O–H groups in total. The van der Waals surface area contributed by atoms with Crippen molar-refractivity contribution in [3.63, 3.8) is 0 Å². The molecule has 2 heterocycles. The van der Waals surface area contributed by atoms with E-state index >= 15 is 0 Å². The fraction of sp³-hybridized carbons (Fsp3) is 0.538. The Morgan fingerprint density at radius 2 is 1.52 bits per heavy atom. The number of rotatable bonds is 8. The monoisotopic (exact) mass is 600 g/mol. The minimum Gasteiger partial charge on any atom is -0.548 e. The zero-order valence-corrected chi connectivity index (χ0v) is 24.0. The highest BCUT2D eigenvalue weighted by Crippen LogP contribution is 2.30. The van der Waals surface area contributed by atoms with Crippen molar-refractivity contribution in [3.8, 4) is 11.5 Å². The van der Waals surface area contributed by atoms with E-state index in [0.717, 1.165) is 5.56 Å².